The predicted octanol–water partition coefficient (Wildman–Crippen LogP) is 5.94. The Hall–Kier alpha value is -3.83. The summed E-state index contributed by atoms with van der Waals surface area (Å²) in [5, 5.41) is 1.11. The number of nitrogens with zero attached hydrogens (tertiary/aromatic N) is 2. The van der Waals surface area contributed by atoms with Crippen LogP contribution in [-0.2, 0) is 19.6 Å². The molecule has 0 saturated carbocycles. The number of ketones is 1. The lowest BCUT2D eigenvalue weighted by molar-refractivity contribution is 0.0872. The third kappa shape index (κ3) is 3.40. The number of fused-ring (bicyclic) bond motifs is 4. The van der Waals surface area contributed by atoms with E-state index in [2.05, 4.69) is 46.9 Å². The van der Waals surface area contributed by atoms with Gasteiger partial charge in [-0.25, -0.2) is 0 Å². The van der Waals surface area contributed by atoms with E-state index in [0.29, 0.717) is 30.3 Å². The van der Waals surface area contributed by atoms with Gasteiger partial charge < -0.3 is 14.0 Å². The Kier molecular flexibility index (Phi) is 5.00. The fourth-order valence-corrected chi connectivity index (χ4v) is 5.01. The summed E-state index contributed by atoms with van der Waals surface area (Å²) in [6.45, 7) is 6.88. The van der Waals surface area contributed by atoms with E-state index < -0.39 is 0 Å². The van der Waals surface area contributed by atoms with Crippen molar-refractivity contribution in [3.05, 3.63) is 100 Å². The zero-order valence-corrected chi connectivity index (χ0v) is 19.4. The van der Waals surface area contributed by atoms with E-state index in [1.54, 1.807) is 0 Å². The topological polar surface area (TPSA) is 43.7 Å². The van der Waals surface area contributed by atoms with Crippen molar-refractivity contribution < 1.29 is 14.3 Å². The van der Waals surface area contributed by atoms with Crippen molar-refractivity contribution in [2.45, 2.75) is 33.5 Å². The number of para-hydroxylation sites is 1. The van der Waals surface area contributed by atoms with Gasteiger partial charge in [-0.1, -0.05) is 48.5 Å². The molecule has 0 fully saturated rings. The van der Waals surface area contributed by atoms with Gasteiger partial charge in [-0.2, -0.15) is 0 Å². The maximum Gasteiger partial charge on any atom is 0.232 e. The molecule has 2 aliphatic heterocycles. The van der Waals surface area contributed by atoms with Crippen LogP contribution in [0.1, 0.15) is 39.5 Å². The highest BCUT2D eigenvalue weighted by molar-refractivity contribution is 6.16. The fourth-order valence-electron chi connectivity index (χ4n) is 5.01. The van der Waals surface area contributed by atoms with Crippen LogP contribution in [0.2, 0.25) is 0 Å². The molecule has 5 nitrogen and oxygen atoms in total. The van der Waals surface area contributed by atoms with Crippen LogP contribution >= 0.6 is 0 Å². The summed E-state index contributed by atoms with van der Waals surface area (Å²) in [7, 11) is 0. The third-order valence-corrected chi connectivity index (χ3v) is 6.68. The summed E-state index contributed by atoms with van der Waals surface area (Å²) in [6.07, 6.45) is 3.97. The Balaban J connectivity index is 1.36. The number of benzene rings is 3. The van der Waals surface area contributed by atoms with Crippen molar-refractivity contribution in [2.75, 3.05) is 6.73 Å². The Morgan fingerprint density at radius 2 is 1.85 bits per heavy atom. The first-order chi connectivity index (χ1) is 16.6. The lowest BCUT2D eigenvalue weighted by Gasteiger charge is -2.30. The number of aryl methyl sites for hydroxylation is 2. The molecule has 170 valence electrons. The number of ether oxygens (including phenoxy) is 2. The molecule has 0 spiro atoms. The monoisotopic (exact) mass is 450 g/mol. The lowest BCUT2D eigenvalue weighted by Crippen LogP contribution is -2.31. The van der Waals surface area contributed by atoms with E-state index in [0.717, 1.165) is 46.4 Å². The number of Topliss-reactive ketones (excluding diaryl/α,β-unsaturated/α-hetero) is 1. The van der Waals surface area contributed by atoms with E-state index in [4.69, 9.17) is 9.47 Å². The molecule has 3 heterocycles. The summed E-state index contributed by atoms with van der Waals surface area (Å²) in [5.41, 5.74) is 5.84. The van der Waals surface area contributed by atoms with E-state index in [-0.39, 0.29) is 5.78 Å². The molecule has 2 aliphatic rings. The van der Waals surface area contributed by atoms with Gasteiger partial charge in [0.25, 0.3) is 0 Å². The Morgan fingerprint density at radius 1 is 1.06 bits per heavy atom. The van der Waals surface area contributed by atoms with E-state index in [1.165, 1.54) is 5.56 Å². The molecule has 0 unspecified atom stereocenters. The van der Waals surface area contributed by atoms with Crippen molar-refractivity contribution in [2.24, 2.45) is 0 Å². The first-order valence-corrected chi connectivity index (χ1v) is 11.7. The first-order valence-electron chi connectivity index (χ1n) is 11.7. The number of carbonyl (C=O) groups is 1. The molecule has 3 aromatic carbocycles. The average Bonchev–Trinajstić information content (AvgIpc) is 3.38. The van der Waals surface area contributed by atoms with Crippen LogP contribution in [-0.4, -0.2) is 22.0 Å². The quantitative estimate of drug-likeness (QED) is 0.361. The van der Waals surface area contributed by atoms with Gasteiger partial charge >= 0.3 is 0 Å². The maximum atomic E-state index is 13.4. The van der Waals surface area contributed by atoms with Crippen LogP contribution in [0.25, 0.3) is 17.0 Å². The summed E-state index contributed by atoms with van der Waals surface area (Å²) >= 11 is 0. The Morgan fingerprint density at radius 3 is 2.68 bits per heavy atom. The number of hydrogen-bond donors (Lipinski definition) is 0. The molecule has 0 N–H and O–H groups in total. The summed E-state index contributed by atoms with van der Waals surface area (Å²) in [5.74, 6) is 1.75. The predicted molar refractivity (Wildman–Crippen MR) is 133 cm³/mol. The van der Waals surface area contributed by atoms with Gasteiger partial charge in [-0.3, -0.25) is 9.69 Å². The SMILES string of the molecule is CCn1cc(/C=C2\Oc3c4c(cc(C)c3C2=O)OCN(Cc2ccccc2)C4)c2ccccc21. The van der Waals surface area contributed by atoms with Gasteiger partial charge in [0.05, 0.1) is 11.1 Å². The highest BCUT2D eigenvalue weighted by Gasteiger charge is 2.35. The molecule has 0 radical (unpaired) electrons. The minimum Gasteiger partial charge on any atom is -0.478 e. The third-order valence-electron chi connectivity index (χ3n) is 6.68. The number of hydrogen-bond acceptors (Lipinski definition) is 4. The largest absolute Gasteiger partial charge is 0.478 e. The van der Waals surface area contributed by atoms with Crippen molar-refractivity contribution in [3.63, 3.8) is 0 Å². The Bertz CT molecular complexity index is 1450. The molecular weight excluding hydrogens is 424 g/mol. The zero-order valence-electron chi connectivity index (χ0n) is 19.4. The number of allylic oxidation sites excluding steroid dienone is 1. The molecule has 4 aromatic rings. The number of aromatic nitrogens is 1. The maximum absolute atomic E-state index is 13.4. The molecule has 0 atom stereocenters. The van der Waals surface area contributed by atoms with Gasteiger partial charge in [0.1, 0.15) is 18.2 Å². The van der Waals surface area contributed by atoms with Gasteiger partial charge in [-0.05, 0) is 43.2 Å². The van der Waals surface area contributed by atoms with Gasteiger partial charge in [-0.15, -0.1) is 0 Å². The Labute approximate surface area is 198 Å². The van der Waals surface area contributed by atoms with Crippen LogP contribution in [0, 0.1) is 6.92 Å². The molecule has 6 rings (SSSR count). The van der Waals surface area contributed by atoms with Gasteiger partial charge in [0, 0.05) is 42.3 Å². The van der Waals surface area contributed by atoms with Gasteiger partial charge in [0.15, 0.2) is 5.76 Å². The fraction of sp³-hybridized carbons (Fsp3) is 0.207. The van der Waals surface area contributed by atoms with E-state index in [9.17, 15) is 4.79 Å². The van der Waals surface area contributed by atoms with Crippen molar-refractivity contribution in [1.29, 1.82) is 0 Å². The highest BCUT2D eigenvalue weighted by Crippen LogP contribution is 2.44. The molecule has 1 aromatic heterocycles. The van der Waals surface area contributed by atoms with Crippen LogP contribution in [0.4, 0.5) is 0 Å². The normalized spacial score (nSPS) is 16.4. The average molecular weight is 451 g/mol. The molecule has 0 bridgehead atoms. The van der Waals surface area contributed by atoms with E-state index in [1.807, 2.05) is 49.4 Å². The standard InChI is InChI=1S/C29H26N2O3/c1-3-31-16-21(22-11-7-8-12-24(22)31)14-26-28(32)27-19(2)13-25-23(29(27)34-26)17-30(18-33-25)15-20-9-5-4-6-10-20/h4-14,16H,3,15,17-18H2,1-2H3/b26-14-. The highest BCUT2D eigenvalue weighted by atomic mass is 16.5. The first kappa shape index (κ1) is 20.8. The molecule has 5 heteroatoms. The second-order valence-corrected chi connectivity index (χ2v) is 8.95. The molecule has 0 saturated heterocycles. The second kappa shape index (κ2) is 8.19. The van der Waals surface area contributed by atoms with Crippen LogP contribution in [0.15, 0.2) is 72.6 Å². The van der Waals surface area contributed by atoms with E-state index >= 15 is 0 Å². The molecular formula is C29H26N2O3. The molecule has 34 heavy (non-hydrogen) atoms. The summed E-state index contributed by atoms with van der Waals surface area (Å²) in [6, 6.07) is 20.6. The smallest absolute Gasteiger partial charge is 0.232 e. The molecule has 0 amide bonds. The van der Waals surface area contributed by atoms with Gasteiger partial charge in [0.2, 0.25) is 5.78 Å². The van der Waals surface area contributed by atoms with Crippen molar-refractivity contribution >= 4 is 22.8 Å². The molecule has 0 aliphatic carbocycles. The zero-order chi connectivity index (χ0) is 23.2. The number of rotatable bonds is 4. The second-order valence-electron chi connectivity index (χ2n) is 8.95. The van der Waals surface area contributed by atoms with Crippen molar-refractivity contribution in [3.8, 4) is 11.5 Å². The van der Waals surface area contributed by atoms with Crippen molar-refractivity contribution in [1.82, 2.24) is 9.47 Å². The summed E-state index contributed by atoms with van der Waals surface area (Å²) in [4.78, 5) is 15.7. The van der Waals surface area contributed by atoms with Crippen LogP contribution in [0.3, 0.4) is 0 Å². The number of carbonyl (C=O) groups excluding carboxylic acids is 1. The lowest BCUT2D eigenvalue weighted by atomic mass is 9.98. The minimum atomic E-state index is -0.0659. The van der Waals surface area contributed by atoms with Crippen LogP contribution < -0.4 is 9.47 Å². The summed E-state index contributed by atoms with van der Waals surface area (Å²) < 4.78 is 14.6. The minimum absolute atomic E-state index is 0.0659. The van der Waals surface area contributed by atoms with Crippen LogP contribution in [0.5, 0.6) is 11.5 Å².